The molecule has 0 spiro atoms. The van der Waals surface area contributed by atoms with Gasteiger partial charge < -0.3 is 15.0 Å². The molecule has 0 radical (unpaired) electrons. The average Bonchev–Trinajstić information content (AvgIpc) is 2.62. The summed E-state index contributed by atoms with van der Waals surface area (Å²) in [6.07, 6.45) is 1.17. The standard InChI is InChI=1S/C17H12FN3O4/c1-25-17(24)10-4-2-9(3-5-10)15(22)21-14-6-11-13(7-12(14)18)19-8-20-16(11)23/h2-8H,1H3,(H,21,22)(H,19,20,23). The van der Waals surface area contributed by atoms with E-state index >= 15 is 0 Å². The summed E-state index contributed by atoms with van der Waals surface area (Å²) in [6.45, 7) is 0. The van der Waals surface area contributed by atoms with Gasteiger partial charge >= 0.3 is 5.97 Å². The molecule has 0 fully saturated rings. The van der Waals surface area contributed by atoms with Gasteiger partial charge in [-0.25, -0.2) is 14.2 Å². The van der Waals surface area contributed by atoms with E-state index in [4.69, 9.17) is 0 Å². The van der Waals surface area contributed by atoms with E-state index in [0.29, 0.717) is 0 Å². The van der Waals surface area contributed by atoms with Gasteiger partial charge in [0.2, 0.25) is 0 Å². The zero-order chi connectivity index (χ0) is 18.0. The van der Waals surface area contributed by atoms with Crippen LogP contribution in [0.1, 0.15) is 20.7 Å². The first-order valence-electron chi connectivity index (χ1n) is 7.16. The predicted molar refractivity (Wildman–Crippen MR) is 88.1 cm³/mol. The number of nitrogens with one attached hydrogen (secondary N) is 2. The van der Waals surface area contributed by atoms with E-state index in [1.807, 2.05) is 0 Å². The number of aromatic amines is 1. The van der Waals surface area contributed by atoms with Crippen molar-refractivity contribution in [3.05, 3.63) is 70.0 Å². The fourth-order valence-corrected chi connectivity index (χ4v) is 2.26. The molecule has 1 heterocycles. The summed E-state index contributed by atoms with van der Waals surface area (Å²) in [5, 5.41) is 2.55. The molecule has 1 amide bonds. The normalized spacial score (nSPS) is 10.5. The zero-order valence-electron chi connectivity index (χ0n) is 13.0. The number of aromatic nitrogens is 2. The highest BCUT2D eigenvalue weighted by Gasteiger charge is 2.13. The molecule has 0 aliphatic carbocycles. The Bertz CT molecular complexity index is 1030. The monoisotopic (exact) mass is 341 g/mol. The Morgan fingerprint density at radius 2 is 1.84 bits per heavy atom. The third-order valence-electron chi connectivity index (χ3n) is 3.55. The van der Waals surface area contributed by atoms with Crippen LogP contribution in [0.5, 0.6) is 0 Å². The number of hydrogen-bond acceptors (Lipinski definition) is 5. The van der Waals surface area contributed by atoms with E-state index < -0.39 is 23.3 Å². The summed E-state index contributed by atoms with van der Waals surface area (Å²) in [5.41, 5.74) is 0.0958. The van der Waals surface area contributed by atoms with Crippen molar-refractivity contribution in [2.75, 3.05) is 12.4 Å². The number of fused-ring (bicyclic) bond motifs is 1. The van der Waals surface area contributed by atoms with Crippen LogP contribution in [0.2, 0.25) is 0 Å². The number of nitrogens with zero attached hydrogens (tertiary/aromatic N) is 1. The van der Waals surface area contributed by atoms with Crippen LogP contribution in [-0.2, 0) is 4.74 Å². The fourth-order valence-electron chi connectivity index (χ4n) is 2.26. The van der Waals surface area contributed by atoms with Crippen molar-refractivity contribution in [1.82, 2.24) is 9.97 Å². The Hall–Kier alpha value is -3.55. The van der Waals surface area contributed by atoms with Gasteiger partial charge in [-0.3, -0.25) is 9.59 Å². The quantitative estimate of drug-likeness (QED) is 0.711. The molecule has 0 saturated heterocycles. The number of methoxy groups -OCH3 is 1. The molecule has 0 aliphatic rings. The van der Waals surface area contributed by atoms with Gasteiger partial charge in [0, 0.05) is 11.6 Å². The van der Waals surface area contributed by atoms with Crippen molar-refractivity contribution in [2.24, 2.45) is 0 Å². The van der Waals surface area contributed by atoms with Crippen molar-refractivity contribution >= 4 is 28.5 Å². The van der Waals surface area contributed by atoms with Crippen molar-refractivity contribution in [1.29, 1.82) is 0 Å². The highest BCUT2D eigenvalue weighted by Crippen LogP contribution is 2.20. The first-order valence-corrected chi connectivity index (χ1v) is 7.16. The van der Waals surface area contributed by atoms with Crippen LogP contribution in [0.4, 0.5) is 10.1 Å². The molecule has 3 rings (SSSR count). The number of rotatable bonds is 3. The third-order valence-corrected chi connectivity index (χ3v) is 3.55. The highest BCUT2D eigenvalue weighted by molar-refractivity contribution is 6.05. The molecule has 0 saturated carbocycles. The summed E-state index contributed by atoms with van der Waals surface area (Å²) in [7, 11) is 1.25. The molecule has 8 heteroatoms. The Morgan fingerprint density at radius 1 is 1.16 bits per heavy atom. The molecule has 2 aromatic carbocycles. The topological polar surface area (TPSA) is 101 Å². The number of anilines is 1. The van der Waals surface area contributed by atoms with Gasteiger partial charge in [0.05, 0.1) is 35.6 Å². The smallest absolute Gasteiger partial charge is 0.337 e. The predicted octanol–water partition coefficient (Wildman–Crippen LogP) is 2.10. The van der Waals surface area contributed by atoms with Gasteiger partial charge in [-0.15, -0.1) is 0 Å². The third kappa shape index (κ3) is 3.23. The van der Waals surface area contributed by atoms with Crippen LogP contribution in [0, 0.1) is 5.82 Å². The zero-order valence-corrected chi connectivity index (χ0v) is 13.0. The molecule has 3 aromatic rings. The molecular weight excluding hydrogens is 329 g/mol. The molecule has 2 N–H and O–H groups in total. The number of halogens is 1. The number of H-pyrrole nitrogens is 1. The van der Waals surface area contributed by atoms with Gasteiger partial charge in [-0.1, -0.05) is 0 Å². The van der Waals surface area contributed by atoms with Crippen molar-refractivity contribution in [2.45, 2.75) is 0 Å². The lowest BCUT2D eigenvalue weighted by Crippen LogP contribution is -2.14. The minimum Gasteiger partial charge on any atom is -0.465 e. The van der Waals surface area contributed by atoms with Crippen molar-refractivity contribution in [3.8, 4) is 0 Å². The Balaban J connectivity index is 1.89. The molecule has 0 unspecified atom stereocenters. The second kappa shape index (κ2) is 6.52. The van der Waals surface area contributed by atoms with Crippen molar-refractivity contribution in [3.63, 3.8) is 0 Å². The number of carbonyl (C=O) groups is 2. The number of carbonyl (C=O) groups excluding carboxylic acids is 2. The van der Waals surface area contributed by atoms with Gasteiger partial charge in [0.25, 0.3) is 11.5 Å². The summed E-state index contributed by atoms with van der Waals surface area (Å²) in [4.78, 5) is 41.6. The maximum Gasteiger partial charge on any atom is 0.337 e. The van der Waals surface area contributed by atoms with Crippen LogP contribution in [0.25, 0.3) is 10.9 Å². The summed E-state index contributed by atoms with van der Waals surface area (Å²) in [5.74, 6) is -1.83. The number of amides is 1. The SMILES string of the molecule is COC(=O)c1ccc(C(=O)Nc2cc3c(=O)[nH]cnc3cc2F)cc1. The maximum absolute atomic E-state index is 14.1. The minimum atomic E-state index is -0.717. The Labute approximate surface area is 140 Å². The first kappa shape index (κ1) is 16.3. The van der Waals surface area contributed by atoms with Crippen LogP contribution >= 0.6 is 0 Å². The number of esters is 1. The number of benzene rings is 2. The lowest BCUT2D eigenvalue weighted by atomic mass is 10.1. The summed E-state index contributed by atoms with van der Waals surface area (Å²) in [6, 6.07) is 7.96. The Kier molecular flexibility index (Phi) is 4.25. The average molecular weight is 341 g/mol. The highest BCUT2D eigenvalue weighted by atomic mass is 19.1. The number of hydrogen-bond donors (Lipinski definition) is 2. The lowest BCUT2D eigenvalue weighted by molar-refractivity contribution is 0.0600. The fraction of sp³-hybridized carbons (Fsp3) is 0.0588. The van der Waals surface area contributed by atoms with E-state index in [1.165, 1.54) is 43.8 Å². The van der Waals surface area contributed by atoms with Crippen molar-refractivity contribution < 1.29 is 18.7 Å². The van der Waals surface area contributed by atoms with E-state index in [0.717, 1.165) is 6.07 Å². The largest absolute Gasteiger partial charge is 0.465 e. The van der Waals surface area contributed by atoms with E-state index in [2.05, 4.69) is 20.0 Å². The summed E-state index contributed by atoms with van der Waals surface area (Å²) >= 11 is 0. The van der Waals surface area contributed by atoms with E-state index in [1.54, 1.807) is 0 Å². The van der Waals surface area contributed by atoms with Gasteiger partial charge in [0.15, 0.2) is 0 Å². The lowest BCUT2D eigenvalue weighted by Gasteiger charge is -2.08. The minimum absolute atomic E-state index is 0.145. The van der Waals surface area contributed by atoms with Gasteiger partial charge in [0.1, 0.15) is 5.82 Å². The molecule has 0 bridgehead atoms. The van der Waals surface area contributed by atoms with E-state index in [-0.39, 0.29) is 27.7 Å². The second-order valence-electron chi connectivity index (χ2n) is 5.10. The number of ether oxygens (including phenoxy) is 1. The molecule has 7 nitrogen and oxygen atoms in total. The molecular formula is C17H12FN3O4. The van der Waals surface area contributed by atoms with Crippen LogP contribution in [-0.4, -0.2) is 29.0 Å². The molecule has 126 valence electrons. The molecule has 25 heavy (non-hydrogen) atoms. The van der Waals surface area contributed by atoms with Crippen LogP contribution < -0.4 is 10.9 Å². The van der Waals surface area contributed by atoms with E-state index in [9.17, 15) is 18.8 Å². The molecule has 0 aliphatic heterocycles. The molecule has 1 aromatic heterocycles. The van der Waals surface area contributed by atoms with Gasteiger partial charge in [-0.05, 0) is 30.3 Å². The maximum atomic E-state index is 14.1. The Morgan fingerprint density at radius 3 is 2.52 bits per heavy atom. The molecule has 0 atom stereocenters. The van der Waals surface area contributed by atoms with Crippen LogP contribution in [0.3, 0.4) is 0 Å². The van der Waals surface area contributed by atoms with Gasteiger partial charge in [-0.2, -0.15) is 0 Å². The first-order chi connectivity index (χ1) is 12.0. The second-order valence-corrected chi connectivity index (χ2v) is 5.10. The van der Waals surface area contributed by atoms with Crippen LogP contribution in [0.15, 0.2) is 47.5 Å². The summed E-state index contributed by atoms with van der Waals surface area (Å²) < 4.78 is 18.7.